The largest absolute Gasteiger partial charge is 0.379 e. The highest BCUT2D eigenvalue weighted by molar-refractivity contribution is 6.30. The zero-order valence-corrected chi connectivity index (χ0v) is 18.4. The fraction of sp³-hybridized carbons (Fsp3) is 0.591. The fourth-order valence-electron chi connectivity index (χ4n) is 4.78. The lowest BCUT2D eigenvalue weighted by Gasteiger charge is -2.49. The summed E-state index contributed by atoms with van der Waals surface area (Å²) >= 11 is 5.95. The fourth-order valence-corrected chi connectivity index (χ4v) is 4.91. The van der Waals surface area contributed by atoms with E-state index in [4.69, 9.17) is 16.3 Å². The van der Waals surface area contributed by atoms with Crippen LogP contribution in [0.1, 0.15) is 48.2 Å². The Hall–Kier alpha value is -1.96. The maximum atomic E-state index is 13.1. The van der Waals surface area contributed by atoms with Gasteiger partial charge >= 0.3 is 0 Å². The van der Waals surface area contributed by atoms with Gasteiger partial charge in [0, 0.05) is 37.2 Å². The molecule has 162 valence electrons. The second-order valence-electron chi connectivity index (χ2n) is 8.47. The predicted octanol–water partition coefficient (Wildman–Crippen LogP) is 3.09. The summed E-state index contributed by atoms with van der Waals surface area (Å²) in [6.45, 7) is 4.71. The molecule has 8 heteroatoms. The average molecular weight is 432 g/mol. The highest BCUT2D eigenvalue weighted by Crippen LogP contribution is 2.35. The van der Waals surface area contributed by atoms with E-state index in [0.717, 1.165) is 51.3 Å². The van der Waals surface area contributed by atoms with Gasteiger partial charge in [0.25, 0.3) is 5.91 Å². The number of nitrogens with zero attached hydrogens (tertiary/aromatic N) is 5. The summed E-state index contributed by atoms with van der Waals surface area (Å²) < 4.78 is 7.26. The summed E-state index contributed by atoms with van der Waals surface area (Å²) in [4.78, 5) is 17.5. The third-order valence-electron chi connectivity index (χ3n) is 6.36. The standard InChI is InChI=1S/C22H30ClN5O2/c1-26(17-22(9-3-2-4-10-22)27-11-13-30-14-12-27)21(29)20-16-28(25-24-20)15-18-5-7-19(23)8-6-18/h5-8,16H,2-4,9-15,17H2,1H3. The Balaban J connectivity index is 1.43. The zero-order chi connectivity index (χ0) is 21.0. The Kier molecular flexibility index (Phi) is 6.71. The summed E-state index contributed by atoms with van der Waals surface area (Å²) in [5, 5.41) is 8.99. The highest BCUT2D eigenvalue weighted by atomic mass is 35.5. The van der Waals surface area contributed by atoms with Crippen LogP contribution in [0.15, 0.2) is 30.5 Å². The third-order valence-corrected chi connectivity index (χ3v) is 6.61. The number of carbonyl (C=O) groups is 1. The molecule has 2 aliphatic rings. The molecule has 2 fully saturated rings. The molecule has 1 saturated heterocycles. The molecule has 0 atom stereocenters. The van der Waals surface area contributed by atoms with Gasteiger partial charge in [-0.15, -0.1) is 5.10 Å². The molecule has 30 heavy (non-hydrogen) atoms. The van der Waals surface area contributed by atoms with E-state index in [-0.39, 0.29) is 11.4 Å². The minimum absolute atomic E-state index is 0.0474. The van der Waals surface area contributed by atoms with Crippen LogP contribution in [0, 0.1) is 0 Å². The number of morpholine rings is 1. The number of hydrogen-bond acceptors (Lipinski definition) is 5. The van der Waals surface area contributed by atoms with Crippen molar-refractivity contribution in [2.24, 2.45) is 0 Å². The number of rotatable bonds is 6. The van der Waals surface area contributed by atoms with Gasteiger partial charge in [-0.1, -0.05) is 48.2 Å². The van der Waals surface area contributed by atoms with Gasteiger partial charge in [0.2, 0.25) is 0 Å². The van der Waals surface area contributed by atoms with Gasteiger partial charge < -0.3 is 9.64 Å². The van der Waals surface area contributed by atoms with Crippen LogP contribution in [0.25, 0.3) is 0 Å². The Morgan fingerprint density at radius 1 is 1.17 bits per heavy atom. The third kappa shape index (κ3) is 4.85. The van der Waals surface area contributed by atoms with Gasteiger partial charge in [0.05, 0.1) is 26.0 Å². The van der Waals surface area contributed by atoms with Crippen molar-refractivity contribution in [3.05, 3.63) is 46.7 Å². The van der Waals surface area contributed by atoms with E-state index in [1.54, 1.807) is 10.9 Å². The van der Waals surface area contributed by atoms with Crippen LogP contribution in [0.2, 0.25) is 5.02 Å². The Bertz CT molecular complexity index is 841. The molecule has 0 unspecified atom stereocenters. The molecular formula is C22H30ClN5O2. The van der Waals surface area contributed by atoms with Crippen LogP contribution in [0.4, 0.5) is 0 Å². The lowest BCUT2D eigenvalue weighted by Crippen LogP contribution is -2.59. The summed E-state index contributed by atoms with van der Waals surface area (Å²) in [5.41, 5.74) is 1.50. The van der Waals surface area contributed by atoms with Crippen molar-refractivity contribution in [2.45, 2.75) is 44.2 Å². The molecule has 1 aliphatic carbocycles. The molecular weight excluding hydrogens is 402 g/mol. The van der Waals surface area contributed by atoms with E-state index in [0.29, 0.717) is 17.3 Å². The molecule has 2 heterocycles. The molecule has 7 nitrogen and oxygen atoms in total. The second kappa shape index (κ2) is 9.45. The molecule has 0 bridgehead atoms. The van der Waals surface area contributed by atoms with Crippen molar-refractivity contribution in [3.63, 3.8) is 0 Å². The van der Waals surface area contributed by atoms with Gasteiger partial charge in [-0.25, -0.2) is 4.68 Å². The van der Waals surface area contributed by atoms with Crippen molar-refractivity contribution in [3.8, 4) is 0 Å². The summed E-state index contributed by atoms with van der Waals surface area (Å²) in [5.74, 6) is -0.0736. The van der Waals surface area contributed by atoms with Gasteiger partial charge in [-0.2, -0.15) is 0 Å². The van der Waals surface area contributed by atoms with Gasteiger partial charge in [0.1, 0.15) is 0 Å². The van der Waals surface area contributed by atoms with Gasteiger partial charge in [-0.3, -0.25) is 9.69 Å². The van der Waals surface area contributed by atoms with Crippen LogP contribution in [0.5, 0.6) is 0 Å². The number of carbonyl (C=O) groups excluding carboxylic acids is 1. The average Bonchev–Trinajstić information content (AvgIpc) is 3.24. The molecule has 1 amide bonds. The van der Waals surface area contributed by atoms with Crippen LogP contribution >= 0.6 is 11.6 Å². The van der Waals surface area contributed by atoms with E-state index < -0.39 is 0 Å². The summed E-state index contributed by atoms with van der Waals surface area (Å²) in [7, 11) is 1.89. The number of ether oxygens (including phenoxy) is 1. The number of halogens is 1. The molecule has 0 N–H and O–H groups in total. The van der Waals surface area contributed by atoms with Crippen molar-refractivity contribution >= 4 is 17.5 Å². The van der Waals surface area contributed by atoms with E-state index in [2.05, 4.69) is 15.2 Å². The van der Waals surface area contributed by atoms with E-state index >= 15 is 0 Å². The van der Waals surface area contributed by atoms with E-state index in [1.807, 2.05) is 36.2 Å². The lowest BCUT2D eigenvalue weighted by molar-refractivity contribution is -0.0460. The molecule has 1 aromatic carbocycles. The number of amides is 1. The Morgan fingerprint density at radius 3 is 2.57 bits per heavy atom. The van der Waals surface area contributed by atoms with Crippen LogP contribution in [-0.4, -0.2) is 76.1 Å². The number of likely N-dealkylation sites (N-methyl/N-ethyl adjacent to an activating group) is 1. The first-order valence-corrected chi connectivity index (χ1v) is 11.2. The SMILES string of the molecule is CN(CC1(N2CCOCC2)CCCCC1)C(=O)c1cn(Cc2ccc(Cl)cc2)nn1. The highest BCUT2D eigenvalue weighted by Gasteiger charge is 2.40. The molecule has 1 saturated carbocycles. The molecule has 0 spiro atoms. The number of hydrogen-bond donors (Lipinski definition) is 0. The van der Waals surface area contributed by atoms with Gasteiger partial charge in [0.15, 0.2) is 5.69 Å². The molecule has 0 radical (unpaired) electrons. The number of benzene rings is 1. The van der Waals surface area contributed by atoms with Crippen molar-refractivity contribution in [1.82, 2.24) is 24.8 Å². The van der Waals surface area contributed by atoms with Crippen molar-refractivity contribution in [2.75, 3.05) is 39.9 Å². The first kappa shape index (κ1) is 21.3. The molecule has 1 aromatic heterocycles. The minimum Gasteiger partial charge on any atom is -0.379 e. The van der Waals surface area contributed by atoms with Crippen LogP contribution in [-0.2, 0) is 11.3 Å². The van der Waals surface area contributed by atoms with E-state index in [9.17, 15) is 4.79 Å². The summed E-state index contributed by atoms with van der Waals surface area (Å²) in [6, 6.07) is 7.60. The van der Waals surface area contributed by atoms with Gasteiger partial charge in [-0.05, 0) is 30.5 Å². The minimum atomic E-state index is -0.0736. The normalized spacial score (nSPS) is 19.5. The zero-order valence-electron chi connectivity index (χ0n) is 17.6. The van der Waals surface area contributed by atoms with Crippen molar-refractivity contribution in [1.29, 1.82) is 0 Å². The predicted molar refractivity (Wildman–Crippen MR) is 116 cm³/mol. The maximum absolute atomic E-state index is 13.1. The van der Waals surface area contributed by atoms with Crippen LogP contribution < -0.4 is 0 Å². The van der Waals surface area contributed by atoms with Crippen LogP contribution in [0.3, 0.4) is 0 Å². The second-order valence-corrected chi connectivity index (χ2v) is 8.91. The number of aromatic nitrogens is 3. The first-order chi connectivity index (χ1) is 14.6. The smallest absolute Gasteiger partial charge is 0.275 e. The quantitative estimate of drug-likeness (QED) is 0.703. The Labute approximate surface area is 182 Å². The topological polar surface area (TPSA) is 63.5 Å². The first-order valence-electron chi connectivity index (χ1n) is 10.8. The summed E-state index contributed by atoms with van der Waals surface area (Å²) in [6.07, 6.45) is 7.72. The molecule has 1 aliphatic heterocycles. The Morgan fingerprint density at radius 2 is 1.87 bits per heavy atom. The van der Waals surface area contributed by atoms with Crippen molar-refractivity contribution < 1.29 is 9.53 Å². The van der Waals surface area contributed by atoms with E-state index in [1.165, 1.54) is 19.3 Å². The maximum Gasteiger partial charge on any atom is 0.275 e. The lowest BCUT2D eigenvalue weighted by atomic mass is 9.79. The monoisotopic (exact) mass is 431 g/mol. The molecule has 2 aromatic rings. The molecule has 4 rings (SSSR count).